The second-order valence-corrected chi connectivity index (χ2v) is 6.06. The van der Waals surface area contributed by atoms with Gasteiger partial charge < -0.3 is 0 Å². The van der Waals surface area contributed by atoms with Crippen LogP contribution in [0.1, 0.15) is 13.8 Å². The fraction of sp³-hybridized carbons (Fsp3) is 1.00. The normalized spacial score (nSPS) is 10.7. The monoisotopic (exact) mass is 164 g/mol. The molecule has 0 aliphatic heterocycles. The summed E-state index contributed by atoms with van der Waals surface area (Å²) in [5.74, 6) is 1.37. The van der Waals surface area contributed by atoms with Crippen LogP contribution in [-0.2, 0) is 0 Å². The third kappa shape index (κ3) is 5.24. The van der Waals surface area contributed by atoms with E-state index in [2.05, 4.69) is 20.1 Å². The molecular formula is C7H17PS. The summed E-state index contributed by atoms with van der Waals surface area (Å²) >= 11 is 1.98. The molecule has 0 atom stereocenters. The summed E-state index contributed by atoms with van der Waals surface area (Å²) in [7, 11) is 0.417. The van der Waals surface area contributed by atoms with Gasteiger partial charge in [-0.05, 0) is 30.5 Å². The molecule has 0 amide bonds. The summed E-state index contributed by atoms with van der Waals surface area (Å²) in [5.41, 5.74) is 0. The van der Waals surface area contributed by atoms with Gasteiger partial charge in [0, 0.05) is 0 Å². The lowest BCUT2D eigenvalue weighted by atomic mass is 10.9. The van der Waals surface area contributed by atoms with Crippen molar-refractivity contribution < 1.29 is 0 Å². The summed E-state index contributed by atoms with van der Waals surface area (Å²) in [6.45, 7) is 4.63. The molecule has 0 N–H and O–H groups in total. The summed E-state index contributed by atoms with van der Waals surface area (Å²) in [6.07, 6.45) is 6.52. The van der Waals surface area contributed by atoms with Crippen LogP contribution in [-0.4, -0.2) is 30.5 Å². The molecule has 2 heteroatoms. The summed E-state index contributed by atoms with van der Waals surface area (Å²) in [4.78, 5) is 0. The van der Waals surface area contributed by atoms with Crippen LogP contribution in [0, 0.1) is 0 Å². The quantitative estimate of drug-likeness (QED) is 0.563. The first-order valence-electron chi connectivity index (χ1n) is 3.56. The minimum atomic E-state index is 0.417. The average Bonchev–Trinajstić information content (AvgIpc) is 1.91. The van der Waals surface area contributed by atoms with Gasteiger partial charge in [-0.25, -0.2) is 0 Å². The van der Waals surface area contributed by atoms with Gasteiger partial charge in [-0.1, -0.05) is 13.8 Å². The van der Waals surface area contributed by atoms with Gasteiger partial charge in [0.1, 0.15) is 0 Å². The number of hydrogen-bond donors (Lipinski definition) is 0. The van der Waals surface area contributed by atoms with Gasteiger partial charge in [-0.15, -0.1) is 7.92 Å². The van der Waals surface area contributed by atoms with Crippen molar-refractivity contribution in [2.45, 2.75) is 13.8 Å². The van der Waals surface area contributed by atoms with Gasteiger partial charge in [0.2, 0.25) is 0 Å². The highest BCUT2D eigenvalue weighted by molar-refractivity contribution is 7.98. The predicted molar refractivity (Wildman–Crippen MR) is 51.3 cm³/mol. The Morgan fingerprint density at radius 2 is 1.78 bits per heavy atom. The van der Waals surface area contributed by atoms with Crippen LogP contribution >= 0.6 is 19.7 Å². The Balaban J connectivity index is 3.09. The SMILES string of the molecule is CCP(CC)CCSC. The van der Waals surface area contributed by atoms with Crippen LogP contribution in [0.15, 0.2) is 0 Å². The second-order valence-electron chi connectivity index (χ2n) is 2.02. The highest BCUT2D eigenvalue weighted by Gasteiger charge is 1.99. The highest BCUT2D eigenvalue weighted by Crippen LogP contribution is 2.34. The maximum Gasteiger partial charge on any atom is -0.00309 e. The fourth-order valence-electron chi connectivity index (χ4n) is 0.760. The lowest BCUT2D eigenvalue weighted by molar-refractivity contribution is 1.36. The molecule has 0 saturated heterocycles. The largest absolute Gasteiger partial charge is 0.165 e. The maximum atomic E-state index is 2.32. The Kier molecular flexibility index (Phi) is 7.49. The Bertz CT molecular complexity index is 52.9. The van der Waals surface area contributed by atoms with Crippen molar-refractivity contribution in [3.05, 3.63) is 0 Å². The van der Waals surface area contributed by atoms with Crippen LogP contribution in [0.4, 0.5) is 0 Å². The molecule has 0 aliphatic rings. The van der Waals surface area contributed by atoms with E-state index in [9.17, 15) is 0 Å². The van der Waals surface area contributed by atoms with Crippen molar-refractivity contribution >= 4 is 19.7 Å². The molecule has 9 heavy (non-hydrogen) atoms. The van der Waals surface area contributed by atoms with Gasteiger partial charge in [-0.3, -0.25) is 0 Å². The van der Waals surface area contributed by atoms with Crippen molar-refractivity contribution in [2.24, 2.45) is 0 Å². The van der Waals surface area contributed by atoms with Gasteiger partial charge in [0.25, 0.3) is 0 Å². The van der Waals surface area contributed by atoms with Crippen molar-refractivity contribution in [1.29, 1.82) is 0 Å². The predicted octanol–water partition coefficient (Wildman–Crippen LogP) is 2.87. The Hall–Kier alpha value is 0.780. The first-order valence-corrected chi connectivity index (χ1v) is 6.85. The Labute approximate surface area is 64.6 Å². The van der Waals surface area contributed by atoms with Crippen LogP contribution in [0.5, 0.6) is 0 Å². The van der Waals surface area contributed by atoms with Crippen LogP contribution in [0.25, 0.3) is 0 Å². The van der Waals surface area contributed by atoms with E-state index in [-0.39, 0.29) is 0 Å². The lowest BCUT2D eigenvalue weighted by Gasteiger charge is -2.10. The van der Waals surface area contributed by atoms with E-state index in [1.165, 1.54) is 24.2 Å². The third-order valence-corrected chi connectivity index (χ3v) is 5.07. The fourth-order valence-corrected chi connectivity index (χ4v) is 3.60. The Morgan fingerprint density at radius 3 is 2.11 bits per heavy atom. The number of hydrogen-bond acceptors (Lipinski definition) is 1. The molecule has 0 rings (SSSR count). The smallest absolute Gasteiger partial charge is 0.00309 e. The van der Waals surface area contributed by atoms with Crippen molar-refractivity contribution in [3.8, 4) is 0 Å². The third-order valence-electron chi connectivity index (χ3n) is 1.51. The molecule has 0 aromatic heterocycles. The first-order chi connectivity index (χ1) is 4.35. The van der Waals surface area contributed by atoms with E-state index in [1.807, 2.05) is 11.8 Å². The van der Waals surface area contributed by atoms with E-state index in [0.717, 1.165) is 0 Å². The van der Waals surface area contributed by atoms with E-state index in [0.29, 0.717) is 7.92 Å². The molecule has 0 aromatic rings. The first kappa shape index (κ1) is 9.78. The molecule has 0 bridgehead atoms. The van der Waals surface area contributed by atoms with Crippen LogP contribution in [0.3, 0.4) is 0 Å². The molecule has 0 fully saturated rings. The molecule has 0 radical (unpaired) electrons. The zero-order valence-corrected chi connectivity index (χ0v) is 8.39. The van der Waals surface area contributed by atoms with Crippen molar-refractivity contribution in [2.75, 3.05) is 30.5 Å². The van der Waals surface area contributed by atoms with Crippen molar-refractivity contribution in [1.82, 2.24) is 0 Å². The summed E-state index contributed by atoms with van der Waals surface area (Å²) in [6, 6.07) is 0. The standard InChI is InChI=1S/C7H17PS/c1-4-8(5-2)6-7-9-3/h4-7H2,1-3H3. The molecule has 56 valence electrons. The topological polar surface area (TPSA) is 0 Å². The molecule has 0 unspecified atom stereocenters. The summed E-state index contributed by atoms with van der Waals surface area (Å²) < 4.78 is 0. The van der Waals surface area contributed by atoms with E-state index < -0.39 is 0 Å². The average molecular weight is 164 g/mol. The molecular weight excluding hydrogens is 147 g/mol. The minimum absolute atomic E-state index is 0.417. The molecule has 0 saturated carbocycles. The highest BCUT2D eigenvalue weighted by atomic mass is 32.2. The van der Waals surface area contributed by atoms with Gasteiger partial charge in [0.05, 0.1) is 0 Å². The molecule has 0 nitrogen and oxygen atoms in total. The number of thioether (sulfide) groups is 1. The van der Waals surface area contributed by atoms with Crippen LogP contribution in [0.2, 0.25) is 0 Å². The molecule has 0 aromatic carbocycles. The molecule has 0 aliphatic carbocycles. The zero-order valence-electron chi connectivity index (χ0n) is 6.68. The van der Waals surface area contributed by atoms with Gasteiger partial charge in [0.15, 0.2) is 0 Å². The van der Waals surface area contributed by atoms with Crippen molar-refractivity contribution in [3.63, 3.8) is 0 Å². The second kappa shape index (κ2) is 6.89. The van der Waals surface area contributed by atoms with E-state index >= 15 is 0 Å². The van der Waals surface area contributed by atoms with Gasteiger partial charge >= 0.3 is 0 Å². The molecule has 0 spiro atoms. The maximum absolute atomic E-state index is 2.32. The van der Waals surface area contributed by atoms with E-state index in [1.54, 1.807) is 0 Å². The minimum Gasteiger partial charge on any atom is -0.165 e. The van der Waals surface area contributed by atoms with Crippen LogP contribution < -0.4 is 0 Å². The number of rotatable bonds is 5. The Morgan fingerprint density at radius 1 is 1.22 bits per heavy atom. The zero-order chi connectivity index (χ0) is 7.11. The van der Waals surface area contributed by atoms with Gasteiger partial charge in [-0.2, -0.15) is 11.8 Å². The molecule has 0 heterocycles. The van der Waals surface area contributed by atoms with E-state index in [4.69, 9.17) is 0 Å². The lowest BCUT2D eigenvalue weighted by Crippen LogP contribution is -1.91. The summed E-state index contributed by atoms with van der Waals surface area (Å²) in [5, 5.41) is 0.